The molecule has 0 aromatic heterocycles. The van der Waals surface area contributed by atoms with Gasteiger partial charge in [-0.15, -0.1) is 0 Å². The van der Waals surface area contributed by atoms with Gasteiger partial charge in [0.25, 0.3) is 0 Å². The van der Waals surface area contributed by atoms with E-state index in [2.05, 4.69) is 22.9 Å². The molecule has 0 aliphatic rings. The Morgan fingerprint density at radius 1 is 1.24 bits per heavy atom. The Morgan fingerprint density at radius 3 is 2.59 bits per heavy atom. The Kier molecular flexibility index (Phi) is 7.25. The van der Waals surface area contributed by atoms with Crippen molar-refractivity contribution in [2.75, 3.05) is 6.61 Å². The lowest BCUT2D eigenvalue weighted by Gasteiger charge is -2.15. The van der Waals surface area contributed by atoms with Crippen LogP contribution < -0.4 is 4.74 Å². The van der Waals surface area contributed by atoms with Gasteiger partial charge in [-0.1, -0.05) is 53.9 Å². The Morgan fingerprint density at radius 2 is 1.94 bits per heavy atom. The summed E-state index contributed by atoms with van der Waals surface area (Å²) >= 11 is 3.40. The lowest BCUT2D eigenvalue weighted by Crippen LogP contribution is -2.18. The third kappa shape index (κ3) is 6.06. The van der Waals surface area contributed by atoms with Gasteiger partial charge in [0.1, 0.15) is 11.9 Å². The zero-order chi connectivity index (χ0) is 12.5. The maximum absolute atomic E-state index is 13.7. The molecule has 0 saturated heterocycles. The highest BCUT2D eigenvalue weighted by Gasteiger charge is 2.17. The summed E-state index contributed by atoms with van der Waals surface area (Å²) in [5.41, 5.74) is 0. The van der Waals surface area contributed by atoms with Crippen LogP contribution in [0.3, 0.4) is 0 Å². The van der Waals surface area contributed by atoms with Crippen molar-refractivity contribution in [3.05, 3.63) is 30.3 Å². The summed E-state index contributed by atoms with van der Waals surface area (Å²) in [7, 11) is 0. The average molecular weight is 303 g/mol. The molecule has 1 nitrogen and oxygen atoms in total. The smallest absolute Gasteiger partial charge is 0.119 e. The number of ether oxygens (including phenoxy) is 1. The number of unbranched alkanes of at least 4 members (excludes halogenated alkanes) is 1. The van der Waals surface area contributed by atoms with Gasteiger partial charge in [-0.3, -0.25) is 0 Å². The summed E-state index contributed by atoms with van der Waals surface area (Å²) in [6.07, 6.45) is 2.67. The molecular formula is C14H20BrFO. The molecule has 17 heavy (non-hydrogen) atoms. The molecule has 3 heteroatoms. The van der Waals surface area contributed by atoms with E-state index in [1.807, 2.05) is 30.3 Å². The highest BCUT2D eigenvalue weighted by molar-refractivity contribution is 9.09. The Balaban J connectivity index is 2.17. The normalized spacial score (nSPS) is 14.3. The largest absolute Gasteiger partial charge is 0.493 e. The van der Waals surface area contributed by atoms with Gasteiger partial charge in [0.05, 0.1) is 6.61 Å². The van der Waals surface area contributed by atoms with Crippen LogP contribution in [0, 0.1) is 0 Å². The molecule has 0 bridgehead atoms. The molecule has 96 valence electrons. The second-order valence-corrected chi connectivity index (χ2v) is 5.30. The second-order valence-electron chi connectivity index (χ2n) is 4.12. The van der Waals surface area contributed by atoms with Gasteiger partial charge in [-0.05, 0) is 18.6 Å². The SMILES string of the molecule is CCCCC(Br)C(F)CCOc1ccccc1. The van der Waals surface area contributed by atoms with E-state index in [-0.39, 0.29) is 4.83 Å². The summed E-state index contributed by atoms with van der Waals surface area (Å²) < 4.78 is 19.2. The third-order valence-corrected chi connectivity index (χ3v) is 3.66. The number of hydrogen-bond donors (Lipinski definition) is 0. The molecule has 1 rings (SSSR count). The van der Waals surface area contributed by atoms with Gasteiger partial charge < -0.3 is 4.74 Å². The molecular weight excluding hydrogens is 283 g/mol. The quantitative estimate of drug-likeness (QED) is 0.630. The molecule has 2 atom stereocenters. The van der Waals surface area contributed by atoms with Crippen LogP contribution in [0.15, 0.2) is 30.3 Å². The molecule has 0 spiro atoms. The maximum Gasteiger partial charge on any atom is 0.119 e. The van der Waals surface area contributed by atoms with Crippen molar-refractivity contribution in [3.8, 4) is 5.75 Å². The van der Waals surface area contributed by atoms with E-state index in [1.54, 1.807) is 0 Å². The first-order chi connectivity index (χ1) is 8.24. The van der Waals surface area contributed by atoms with Gasteiger partial charge in [0, 0.05) is 11.2 Å². The van der Waals surface area contributed by atoms with Gasteiger partial charge in [-0.25, -0.2) is 4.39 Å². The molecule has 0 heterocycles. The minimum atomic E-state index is -0.828. The van der Waals surface area contributed by atoms with Crippen molar-refractivity contribution in [1.29, 1.82) is 0 Å². The highest BCUT2D eigenvalue weighted by Crippen LogP contribution is 2.19. The van der Waals surface area contributed by atoms with Crippen LogP contribution in [0.5, 0.6) is 5.75 Å². The van der Waals surface area contributed by atoms with Crippen LogP contribution in [0.4, 0.5) is 4.39 Å². The Bertz CT molecular complexity index is 292. The monoisotopic (exact) mass is 302 g/mol. The second kappa shape index (κ2) is 8.51. The van der Waals surface area contributed by atoms with Crippen molar-refractivity contribution in [2.24, 2.45) is 0 Å². The number of hydrogen-bond acceptors (Lipinski definition) is 1. The summed E-state index contributed by atoms with van der Waals surface area (Å²) in [4.78, 5) is -0.0400. The molecule has 1 aromatic rings. The molecule has 1 aromatic carbocycles. The molecule has 0 aliphatic carbocycles. The number of rotatable bonds is 8. The van der Waals surface area contributed by atoms with Gasteiger partial charge in [-0.2, -0.15) is 0 Å². The van der Waals surface area contributed by atoms with Crippen molar-refractivity contribution in [1.82, 2.24) is 0 Å². The first-order valence-electron chi connectivity index (χ1n) is 6.20. The topological polar surface area (TPSA) is 9.23 Å². The summed E-state index contributed by atoms with van der Waals surface area (Å²) in [5.74, 6) is 0.805. The summed E-state index contributed by atoms with van der Waals surface area (Å²) in [6.45, 7) is 2.55. The maximum atomic E-state index is 13.7. The van der Waals surface area contributed by atoms with E-state index in [0.29, 0.717) is 13.0 Å². The van der Waals surface area contributed by atoms with Gasteiger partial charge >= 0.3 is 0 Å². The summed E-state index contributed by atoms with van der Waals surface area (Å²) in [5, 5.41) is 0. The van der Waals surface area contributed by atoms with Crippen molar-refractivity contribution in [3.63, 3.8) is 0 Å². The minimum Gasteiger partial charge on any atom is -0.493 e. The van der Waals surface area contributed by atoms with Crippen LogP contribution in [0.2, 0.25) is 0 Å². The molecule has 0 N–H and O–H groups in total. The fourth-order valence-corrected chi connectivity index (χ4v) is 2.15. The van der Waals surface area contributed by atoms with Crippen LogP contribution in [0.25, 0.3) is 0 Å². The standard InChI is InChI=1S/C14H20BrFO/c1-2-3-9-13(15)14(16)10-11-17-12-7-5-4-6-8-12/h4-8,13-14H,2-3,9-11H2,1H3. The average Bonchev–Trinajstić information content (AvgIpc) is 2.37. The van der Waals surface area contributed by atoms with E-state index in [9.17, 15) is 4.39 Å². The van der Waals surface area contributed by atoms with E-state index < -0.39 is 6.17 Å². The minimum absolute atomic E-state index is 0.0400. The van der Waals surface area contributed by atoms with Crippen LogP contribution in [-0.2, 0) is 0 Å². The highest BCUT2D eigenvalue weighted by atomic mass is 79.9. The molecule has 0 aliphatic heterocycles. The van der Waals surface area contributed by atoms with Gasteiger partial charge in [0.2, 0.25) is 0 Å². The van der Waals surface area contributed by atoms with Crippen LogP contribution >= 0.6 is 15.9 Å². The van der Waals surface area contributed by atoms with E-state index >= 15 is 0 Å². The zero-order valence-corrected chi connectivity index (χ0v) is 11.8. The zero-order valence-electron chi connectivity index (χ0n) is 10.2. The lowest BCUT2D eigenvalue weighted by atomic mass is 10.1. The summed E-state index contributed by atoms with van der Waals surface area (Å²) in [6, 6.07) is 9.53. The number of alkyl halides is 2. The predicted molar refractivity (Wildman–Crippen MR) is 73.7 cm³/mol. The number of benzene rings is 1. The van der Waals surface area contributed by atoms with Crippen molar-refractivity contribution < 1.29 is 9.13 Å². The number of halogens is 2. The fraction of sp³-hybridized carbons (Fsp3) is 0.571. The molecule has 0 saturated carbocycles. The first kappa shape index (κ1) is 14.5. The van der Waals surface area contributed by atoms with E-state index in [1.165, 1.54) is 0 Å². The van der Waals surface area contributed by atoms with Crippen LogP contribution in [0.1, 0.15) is 32.6 Å². The van der Waals surface area contributed by atoms with Gasteiger partial charge in [0.15, 0.2) is 0 Å². The van der Waals surface area contributed by atoms with Crippen molar-refractivity contribution >= 4 is 15.9 Å². The molecule has 0 fully saturated rings. The Labute approximate surface area is 111 Å². The fourth-order valence-electron chi connectivity index (χ4n) is 1.57. The molecule has 2 unspecified atom stereocenters. The van der Waals surface area contributed by atoms with Crippen molar-refractivity contribution in [2.45, 2.75) is 43.6 Å². The first-order valence-corrected chi connectivity index (χ1v) is 7.11. The Hall–Kier alpha value is -0.570. The predicted octanol–water partition coefficient (Wildman–Crippen LogP) is 4.75. The van der Waals surface area contributed by atoms with E-state index in [4.69, 9.17) is 4.74 Å². The lowest BCUT2D eigenvalue weighted by molar-refractivity contribution is 0.229. The van der Waals surface area contributed by atoms with E-state index in [0.717, 1.165) is 25.0 Å². The number of para-hydroxylation sites is 1. The molecule has 0 radical (unpaired) electrons. The van der Waals surface area contributed by atoms with Crippen LogP contribution in [-0.4, -0.2) is 17.6 Å². The molecule has 0 amide bonds. The third-order valence-electron chi connectivity index (χ3n) is 2.63.